The summed E-state index contributed by atoms with van der Waals surface area (Å²) >= 11 is 9.30. The Bertz CT molecular complexity index is 531. The van der Waals surface area contributed by atoms with Crippen LogP contribution in [0.4, 0.5) is 0 Å². The van der Waals surface area contributed by atoms with Crippen molar-refractivity contribution < 1.29 is 9.47 Å². The lowest BCUT2D eigenvalue weighted by Gasteiger charge is -2.07. The van der Waals surface area contributed by atoms with E-state index in [1.165, 1.54) is 0 Å². The average molecular weight is 329 g/mol. The van der Waals surface area contributed by atoms with Gasteiger partial charge in [0.25, 0.3) is 0 Å². The third-order valence-electron chi connectivity index (χ3n) is 2.31. The van der Waals surface area contributed by atoms with Crippen LogP contribution in [-0.2, 0) is 6.61 Å². The number of benzene rings is 1. The second kappa shape index (κ2) is 6.07. The highest BCUT2D eigenvalue weighted by Gasteiger charge is 2.04. The molecule has 1 aromatic heterocycles. The smallest absolute Gasteiger partial charge is 0.232 e. The van der Waals surface area contributed by atoms with Gasteiger partial charge in [0.2, 0.25) is 5.88 Å². The molecule has 0 aliphatic rings. The van der Waals surface area contributed by atoms with E-state index in [1.54, 1.807) is 19.4 Å². The van der Waals surface area contributed by atoms with Crippen molar-refractivity contribution in [2.45, 2.75) is 6.61 Å². The molecule has 0 aliphatic heterocycles. The first-order valence-electron chi connectivity index (χ1n) is 5.26. The molecule has 1 heterocycles. The maximum absolute atomic E-state index is 6.01. The van der Waals surface area contributed by atoms with E-state index in [0.717, 1.165) is 15.8 Å². The molecule has 18 heavy (non-hydrogen) atoms. The molecular weight excluding hydrogens is 318 g/mol. The first-order chi connectivity index (χ1) is 8.69. The van der Waals surface area contributed by atoms with Crippen LogP contribution in [0.2, 0.25) is 5.02 Å². The number of pyridine rings is 1. The number of rotatable bonds is 4. The van der Waals surface area contributed by atoms with Gasteiger partial charge in [-0.15, -0.1) is 0 Å². The fraction of sp³-hybridized carbons (Fsp3) is 0.154. The largest absolute Gasteiger partial charge is 0.497 e. The summed E-state index contributed by atoms with van der Waals surface area (Å²) in [5, 5.41) is 0.484. The van der Waals surface area contributed by atoms with Gasteiger partial charge in [-0.1, -0.05) is 23.7 Å². The van der Waals surface area contributed by atoms with Gasteiger partial charge in [0.05, 0.1) is 7.11 Å². The van der Waals surface area contributed by atoms with Gasteiger partial charge in [0, 0.05) is 10.7 Å². The summed E-state index contributed by atoms with van der Waals surface area (Å²) in [6, 6.07) is 9.39. The number of aromatic nitrogens is 1. The van der Waals surface area contributed by atoms with Crippen molar-refractivity contribution in [2.75, 3.05) is 7.11 Å². The Morgan fingerprint density at radius 3 is 2.61 bits per heavy atom. The Balaban J connectivity index is 2.02. The zero-order valence-corrected chi connectivity index (χ0v) is 12.0. The molecule has 2 rings (SSSR count). The number of methoxy groups -OCH3 is 1. The van der Waals surface area contributed by atoms with Crippen LogP contribution in [0.25, 0.3) is 0 Å². The molecule has 0 N–H and O–H groups in total. The quantitative estimate of drug-likeness (QED) is 0.847. The topological polar surface area (TPSA) is 31.4 Å². The van der Waals surface area contributed by atoms with E-state index in [4.69, 9.17) is 21.1 Å². The molecule has 1 aromatic carbocycles. The van der Waals surface area contributed by atoms with Crippen LogP contribution in [0.3, 0.4) is 0 Å². The maximum atomic E-state index is 6.01. The van der Waals surface area contributed by atoms with E-state index in [2.05, 4.69) is 20.9 Å². The molecule has 2 aromatic rings. The van der Waals surface area contributed by atoms with Gasteiger partial charge in [-0.05, 0) is 39.7 Å². The molecule has 0 fully saturated rings. The third-order valence-corrected chi connectivity index (χ3v) is 3.01. The van der Waals surface area contributed by atoms with Crippen molar-refractivity contribution >= 4 is 27.5 Å². The second-order valence-corrected chi connectivity index (χ2v) is 4.90. The molecule has 0 saturated carbocycles. The summed E-state index contributed by atoms with van der Waals surface area (Å²) in [6.45, 7) is 0.415. The minimum Gasteiger partial charge on any atom is -0.497 e. The van der Waals surface area contributed by atoms with Crippen LogP contribution >= 0.6 is 27.5 Å². The molecule has 0 spiro atoms. The highest BCUT2D eigenvalue weighted by molar-refractivity contribution is 9.10. The van der Waals surface area contributed by atoms with Crippen molar-refractivity contribution in [1.82, 2.24) is 4.98 Å². The van der Waals surface area contributed by atoms with Crippen LogP contribution in [0.15, 0.2) is 41.0 Å². The third kappa shape index (κ3) is 3.37. The molecule has 0 aliphatic carbocycles. The summed E-state index contributed by atoms with van der Waals surface area (Å²) in [7, 11) is 1.64. The Morgan fingerprint density at radius 1 is 1.28 bits per heavy atom. The second-order valence-electron chi connectivity index (χ2n) is 3.58. The normalized spacial score (nSPS) is 10.2. The van der Waals surface area contributed by atoms with Crippen LogP contribution in [-0.4, -0.2) is 12.1 Å². The van der Waals surface area contributed by atoms with Crippen LogP contribution in [0.5, 0.6) is 11.6 Å². The summed E-state index contributed by atoms with van der Waals surface area (Å²) in [5.41, 5.74) is 1.02. The number of hydrogen-bond donors (Lipinski definition) is 0. The Morgan fingerprint density at radius 2 is 2.00 bits per heavy atom. The van der Waals surface area contributed by atoms with Gasteiger partial charge in [0.15, 0.2) is 0 Å². The van der Waals surface area contributed by atoms with E-state index >= 15 is 0 Å². The Kier molecular flexibility index (Phi) is 4.44. The molecule has 3 nitrogen and oxygen atoms in total. The van der Waals surface area contributed by atoms with Crippen molar-refractivity contribution in [3.8, 4) is 11.6 Å². The van der Waals surface area contributed by atoms with E-state index in [-0.39, 0.29) is 0 Å². The predicted molar refractivity (Wildman–Crippen MR) is 74.3 cm³/mol. The number of nitrogens with zero attached hydrogens (tertiary/aromatic N) is 1. The minimum absolute atomic E-state index is 0.415. The highest BCUT2D eigenvalue weighted by Crippen LogP contribution is 2.25. The van der Waals surface area contributed by atoms with Crippen LogP contribution in [0, 0.1) is 0 Å². The molecule has 0 saturated heterocycles. The van der Waals surface area contributed by atoms with E-state index < -0.39 is 0 Å². The minimum atomic E-state index is 0.415. The van der Waals surface area contributed by atoms with Crippen molar-refractivity contribution in [2.24, 2.45) is 0 Å². The molecule has 0 bridgehead atoms. The van der Waals surface area contributed by atoms with E-state index in [1.807, 2.05) is 24.3 Å². The number of hydrogen-bond acceptors (Lipinski definition) is 3. The maximum Gasteiger partial charge on any atom is 0.232 e. The summed E-state index contributed by atoms with van der Waals surface area (Å²) in [4.78, 5) is 4.10. The number of halogens is 2. The van der Waals surface area contributed by atoms with Gasteiger partial charge < -0.3 is 9.47 Å². The predicted octanol–water partition coefficient (Wildman–Crippen LogP) is 4.09. The Hall–Kier alpha value is -1.26. The van der Waals surface area contributed by atoms with Gasteiger partial charge in [0.1, 0.15) is 17.4 Å². The van der Waals surface area contributed by atoms with Crippen molar-refractivity contribution in [3.63, 3.8) is 0 Å². The molecule has 5 heteroatoms. The van der Waals surface area contributed by atoms with Gasteiger partial charge in [-0.2, -0.15) is 0 Å². The number of ether oxygens (including phenoxy) is 2. The zero-order chi connectivity index (χ0) is 13.0. The lowest BCUT2D eigenvalue weighted by molar-refractivity contribution is 0.294. The van der Waals surface area contributed by atoms with Gasteiger partial charge >= 0.3 is 0 Å². The Labute approximate surface area is 119 Å². The highest BCUT2D eigenvalue weighted by atomic mass is 79.9. The van der Waals surface area contributed by atoms with Crippen molar-refractivity contribution in [1.29, 1.82) is 0 Å². The monoisotopic (exact) mass is 327 g/mol. The first-order valence-corrected chi connectivity index (χ1v) is 6.43. The summed E-state index contributed by atoms with van der Waals surface area (Å²) < 4.78 is 11.5. The first kappa shape index (κ1) is 13.2. The standard InChI is InChI=1S/C13H11BrClNO2/c1-17-11-4-2-9(3-5-11)8-18-13-12(15)6-10(14)7-16-13/h2-7H,8H2,1H3. The molecular formula is C13H11BrClNO2. The fourth-order valence-electron chi connectivity index (χ4n) is 1.38. The SMILES string of the molecule is COc1ccc(COc2ncc(Br)cc2Cl)cc1. The van der Waals surface area contributed by atoms with E-state index in [0.29, 0.717) is 17.5 Å². The molecule has 0 unspecified atom stereocenters. The van der Waals surface area contributed by atoms with Crippen LogP contribution in [0.1, 0.15) is 5.56 Å². The average Bonchev–Trinajstić information content (AvgIpc) is 2.38. The molecule has 0 radical (unpaired) electrons. The summed E-state index contributed by atoms with van der Waals surface area (Å²) in [5.74, 6) is 1.24. The zero-order valence-electron chi connectivity index (χ0n) is 9.69. The van der Waals surface area contributed by atoms with Crippen LogP contribution < -0.4 is 9.47 Å². The van der Waals surface area contributed by atoms with Crippen molar-refractivity contribution in [3.05, 3.63) is 51.6 Å². The van der Waals surface area contributed by atoms with Gasteiger partial charge in [-0.25, -0.2) is 4.98 Å². The molecule has 0 atom stereocenters. The lowest BCUT2D eigenvalue weighted by Crippen LogP contribution is -1.97. The molecule has 0 amide bonds. The van der Waals surface area contributed by atoms with Gasteiger partial charge in [-0.3, -0.25) is 0 Å². The van der Waals surface area contributed by atoms with E-state index in [9.17, 15) is 0 Å². The molecule has 94 valence electrons. The summed E-state index contributed by atoms with van der Waals surface area (Å²) in [6.07, 6.45) is 1.65. The fourth-order valence-corrected chi connectivity index (χ4v) is 2.07. The lowest BCUT2D eigenvalue weighted by atomic mass is 10.2.